The smallest absolute Gasteiger partial charge is 0.146 e. The monoisotopic (exact) mass is 256 g/mol. The highest BCUT2D eigenvalue weighted by Crippen LogP contribution is 2.30. The van der Waals surface area contributed by atoms with E-state index < -0.39 is 0 Å². The Morgan fingerprint density at radius 3 is 2.74 bits per heavy atom. The predicted molar refractivity (Wildman–Crippen MR) is 73.7 cm³/mol. The Kier molecular flexibility index (Phi) is 3.43. The van der Waals surface area contributed by atoms with Gasteiger partial charge in [0.15, 0.2) is 0 Å². The van der Waals surface area contributed by atoms with Crippen molar-refractivity contribution in [2.75, 3.05) is 12.4 Å². The summed E-state index contributed by atoms with van der Waals surface area (Å²) in [6, 6.07) is 8.02. The van der Waals surface area contributed by atoms with E-state index in [9.17, 15) is 5.26 Å². The quantitative estimate of drug-likeness (QED) is 0.917. The van der Waals surface area contributed by atoms with E-state index in [1.54, 1.807) is 18.8 Å². The summed E-state index contributed by atoms with van der Waals surface area (Å²) in [7, 11) is 3.42. The lowest BCUT2D eigenvalue weighted by molar-refractivity contribution is 0.416. The first-order valence-corrected chi connectivity index (χ1v) is 5.92. The highest BCUT2D eigenvalue weighted by atomic mass is 16.5. The van der Waals surface area contributed by atoms with Crippen molar-refractivity contribution >= 4 is 11.5 Å². The highest BCUT2D eigenvalue weighted by Gasteiger charge is 2.14. The summed E-state index contributed by atoms with van der Waals surface area (Å²) in [6.07, 6.45) is 0. The first-order chi connectivity index (χ1) is 9.06. The van der Waals surface area contributed by atoms with Crippen LogP contribution in [-0.4, -0.2) is 16.9 Å². The highest BCUT2D eigenvalue weighted by molar-refractivity contribution is 5.69. The molecule has 1 N–H and O–H groups in total. The van der Waals surface area contributed by atoms with Gasteiger partial charge < -0.3 is 10.1 Å². The van der Waals surface area contributed by atoms with Crippen LogP contribution in [0.5, 0.6) is 5.75 Å². The number of anilines is 2. The zero-order valence-corrected chi connectivity index (χ0v) is 11.5. The molecular weight excluding hydrogens is 240 g/mol. The van der Waals surface area contributed by atoms with Crippen molar-refractivity contribution in [3.05, 3.63) is 35.0 Å². The third-order valence-electron chi connectivity index (χ3n) is 2.94. The zero-order valence-electron chi connectivity index (χ0n) is 11.5. The molecule has 98 valence electrons. The molecule has 5 heteroatoms. The van der Waals surface area contributed by atoms with Crippen LogP contribution in [0.2, 0.25) is 0 Å². The Labute approximate surface area is 112 Å². The van der Waals surface area contributed by atoms with Crippen molar-refractivity contribution in [1.82, 2.24) is 9.78 Å². The number of nitriles is 1. The molecule has 0 aliphatic carbocycles. The van der Waals surface area contributed by atoms with Crippen molar-refractivity contribution in [3.8, 4) is 11.8 Å². The summed E-state index contributed by atoms with van der Waals surface area (Å²) in [6.45, 7) is 3.82. The van der Waals surface area contributed by atoms with E-state index in [-0.39, 0.29) is 0 Å². The molecule has 0 fully saturated rings. The number of aromatic nitrogens is 2. The average molecular weight is 256 g/mol. The number of methoxy groups -OCH3 is 1. The largest absolute Gasteiger partial charge is 0.495 e. The molecule has 2 rings (SSSR count). The van der Waals surface area contributed by atoms with Crippen LogP contribution >= 0.6 is 0 Å². The van der Waals surface area contributed by atoms with Gasteiger partial charge in [0.05, 0.1) is 18.5 Å². The standard InChI is InChI=1S/C14H16N4O/c1-9-5-6-13(19-4)12(7-9)16-14-11(8-15)10(2)17-18(14)3/h5-7,16H,1-4H3. The molecule has 0 unspecified atom stereocenters. The molecule has 0 bridgehead atoms. The minimum atomic E-state index is 0.547. The fourth-order valence-electron chi connectivity index (χ4n) is 1.98. The number of hydrogen-bond acceptors (Lipinski definition) is 4. The minimum absolute atomic E-state index is 0.547. The van der Waals surface area contributed by atoms with E-state index in [4.69, 9.17) is 4.74 Å². The number of rotatable bonds is 3. The van der Waals surface area contributed by atoms with E-state index in [2.05, 4.69) is 16.5 Å². The van der Waals surface area contributed by atoms with Gasteiger partial charge >= 0.3 is 0 Å². The van der Waals surface area contributed by atoms with Crippen LogP contribution in [0.4, 0.5) is 11.5 Å². The van der Waals surface area contributed by atoms with Crippen LogP contribution in [0.1, 0.15) is 16.8 Å². The molecule has 5 nitrogen and oxygen atoms in total. The van der Waals surface area contributed by atoms with Crippen LogP contribution in [-0.2, 0) is 7.05 Å². The van der Waals surface area contributed by atoms with Crippen LogP contribution in [0, 0.1) is 25.2 Å². The number of aryl methyl sites for hydroxylation is 3. The maximum absolute atomic E-state index is 9.20. The maximum Gasteiger partial charge on any atom is 0.146 e. The Bertz CT molecular complexity index is 652. The molecule has 0 aliphatic rings. The van der Waals surface area contributed by atoms with E-state index in [0.717, 1.165) is 17.0 Å². The SMILES string of the molecule is COc1ccc(C)cc1Nc1c(C#N)c(C)nn1C. The number of nitrogens with one attached hydrogen (secondary N) is 1. The molecule has 19 heavy (non-hydrogen) atoms. The second kappa shape index (κ2) is 5.02. The molecule has 2 aromatic rings. The van der Waals surface area contributed by atoms with Crippen molar-refractivity contribution in [3.63, 3.8) is 0 Å². The van der Waals surface area contributed by atoms with Gasteiger partial charge in [0.2, 0.25) is 0 Å². The summed E-state index contributed by atoms with van der Waals surface area (Å²) in [4.78, 5) is 0. The number of benzene rings is 1. The van der Waals surface area contributed by atoms with E-state index in [0.29, 0.717) is 17.1 Å². The molecule has 0 radical (unpaired) electrons. The Balaban J connectivity index is 2.47. The van der Waals surface area contributed by atoms with Gasteiger partial charge in [-0.2, -0.15) is 10.4 Å². The van der Waals surface area contributed by atoms with Crippen molar-refractivity contribution in [2.24, 2.45) is 7.05 Å². The van der Waals surface area contributed by atoms with Gasteiger partial charge in [-0.25, -0.2) is 0 Å². The molecule has 0 spiro atoms. The van der Waals surface area contributed by atoms with E-state index in [1.165, 1.54) is 0 Å². The lowest BCUT2D eigenvalue weighted by Crippen LogP contribution is -2.02. The average Bonchev–Trinajstić information content (AvgIpc) is 2.64. The van der Waals surface area contributed by atoms with Gasteiger partial charge in [0, 0.05) is 7.05 Å². The molecule has 0 aliphatic heterocycles. The summed E-state index contributed by atoms with van der Waals surface area (Å²) >= 11 is 0. The molecule has 0 saturated heterocycles. The molecular formula is C14H16N4O. The summed E-state index contributed by atoms with van der Waals surface area (Å²) in [5.74, 6) is 1.40. The first kappa shape index (κ1) is 13.0. The maximum atomic E-state index is 9.20. The Morgan fingerprint density at radius 1 is 1.37 bits per heavy atom. The fourth-order valence-corrected chi connectivity index (χ4v) is 1.98. The van der Waals surface area contributed by atoms with Gasteiger partial charge in [-0.3, -0.25) is 4.68 Å². The van der Waals surface area contributed by atoms with Crippen molar-refractivity contribution in [2.45, 2.75) is 13.8 Å². The normalized spacial score (nSPS) is 10.1. The minimum Gasteiger partial charge on any atom is -0.495 e. The summed E-state index contributed by atoms with van der Waals surface area (Å²) in [5.41, 5.74) is 3.19. The predicted octanol–water partition coefficient (Wildman–Crippen LogP) is 2.66. The number of ether oxygens (including phenoxy) is 1. The lowest BCUT2D eigenvalue weighted by atomic mass is 10.2. The third-order valence-corrected chi connectivity index (χ3v) is 2.94. The number of nitrogens with zero attached hydrogens (tertiary/aromatic N) is 3. The van der Waals surface area contributed by atoms with Gasteiger partial charge in [0.1, 0.15) is 23.2 Å². The molecule has 1 heterocycles. The second-order valence-corrected chi connectivity index (χ2v) is 4.37. The van der Waals surface area contributed by atoms with Crippen molar-refractivity contribution < 1.29 is 4.74 Å². The Morgan fingerprint density at radius 2 is 2.11 bits per heavy atom. The van der Waals surface area contributed by atoms with Gasteiger partial charge in [-0.15, -0.1) is 0 Å². The van der Waals surface area contributed by atoms with Gasteiger partial charge in [-0.1, -0.05) is 6.07 Å². The van der Waals surface area contributed by atoms with E-state index in [1.807, 2.05) is 32.0 Å². The molecule has 0 amide bonds. The second-order valence-electron chi connectivity index (χ2n) is 4.37. The molecule has 1 aromatic heterocycles. The fraction of sp³-hybridized carbons (Fsp3) is 0.286. The van der Waals surface area contributed by atoms with Crippen LogP contribution < -0.4 is 10.1 Å². The van der Waals surface area contributed by atoms with Gasteiger partial charge in [0.25, 0.3) is 0 Å². The molecule has 1 aromatic carbocycles. The molecule has 0 saturated carbocycles. The zero-order chi connectivity index (χ0) is 14.0. The summed E-state index contributed by atoms with van der Waals surface area (Å²) in [5, 5.41) is 16.7. The first-order valence-electron chi connectivity index (χ1n) is 5.92. The van der Waals surface area contributed by atoms with Crippen LogP contribution in [0.25, 0.3) is 0 Å². The lowest BCUT2D eigenvalue weighted by Gasteiger charge is -2.12. The molecule has 0 atom stereocenters. The van der Waals surface area contributed by atoms with E-state index >= 15 is 0 Å². The van der Waals surface area contributed by atoms with Crippen LogP contribution in [0.15, 0.2) is 18.2 Å². The number of hydrogen-bond donors (Lipinski definition) is 1. The summed E-state index contributed by atoms with van der Waals surface area (Å²) < 4.78 is 6.98. The van der Waals surface area contributed by atoms with Gasteiger partial charge in [-0.05, 0) is 31.5 Å². The van der Waals surface area contributed by atoms with Crippen LogP contribution in [0.3, 0.4) is 0 Å². The van der Waals surface area contributed by atoms with Crippen molar-refractivity contribution in [1.29, 1.82) is 5.26 Å². The topological polar surface area (TPSA) is 62.9 Å². The Hall–Kier alpha value is -2.48. The third kappa shape index (κ3) is 2.38.